The van der Waals surface area contributed by atoms with E-state index in [1.165, 1.54) is 6.07 Å². The maximum atomic E-state index is 14.5. The van der Waals surface area contributed by atoms with Gasteiger partial charge in [0.2, 0.25) is 0 Å². The van der Waals surface area contributed by atoms with Crippen LogP contribution in [0.4, 0.5) is 4.39 Å². The monoisotopic (exact) mass is 289 g/mol. The molecule has 2 unspecified atom stereocenters. The van der Waals surface area contributed by atoms with Crippen LogP contribution in [0.3, 0.4) is 0 Å². The van der Waals surface area contributed by atoms with E-state index in [-0.39, 0.29) is 11.5 Å². The van der Waals surface area contributed by atoms with Gasteiger partial charge in [0, 0.05) is 0 Å². The molecule has 2 nitrogen and oxygen atoms in total. The smallest absolute Gasteiger partial charge is 0.251 e. The lowest BCUT2D eigenvalue weighted by atomic mass is 9.79. The highest BCUT2D eigenvalue weighted by Gasteiger charge is 2.23. The maximum absolute atomic E-state index is 14.5. The minimum absolute atomic E-state index is 0.00220. The Morgan fingerprint density at radius 2 is 2.14 bits per heavy atom. The molecule has 0 radical (unpaired) electrons. The summed E-state index contributed by atoms with van der Waals surface area (Å²) < 4.78 is 14.5. The molecule has 3 atom stereocenters. The summed E-state index contributed by atoms with van der Waals surface area (Å²) in [6.07, 6.45) is 8.48. The van der Waals surface area contributed by atoms with E-state index in [2.05, 4.69) is 26.0 Å². The van der Waals surface area contributed by atoms with E-state index < -0.39 is 11.7 Å². The highest BCUT2D eigenvalue weighted by atomic mass is 19.1. The summed E-state index contributed by atoms with van der Waals surface area (Å²) in [4.78, 5) is 11.3. The highest BCUT2D eigenvalue weighted by molar-refractivity contribution is 5.93. The van der Waals surface area contributed by atoms with Gasteiger partial charge in [-0.05, 0) is 55.1 Å². The van der Waals surface area contributed by atoms with Gasteiger partial charge in [0.25, 0.3) is 5.91 Å². The minimum atomic E-state index is -0.699. The first-order valence-corrected chi connectivity index (χ1v) is 7.77. The Morgan fingerprint density at radius 3 is 2.81 bits per heavy atom. The Kier molecular flexibility index (Phi) is 5.16. The van der Waals surface area contributed by atoms with Crippen LogP contribution in [0.15, 0.2) is 30.4 Å². The van der Waals surface area contributed by atoms with Crippen LogP contribution < -0.4 is 5.73 Å². The van der Waals surface area contributed by atoms with Gasteiger partial charge in [0.1, 0.15) is 5.82 Å². The fourth-order valence-corrected chi connectivity index (χ4v) is 3.32. The molecule has 21 heavy (non-hydrogen) atoms. The summed E-state index contributed by atoms with van der Waals surface area (Å²) >= 11 is 0. The van der Waals surface area contributed by atoms with Crippen LogP contribution in [0.25, 0.3) is 0 Å². The predicted molar refractivity (Wildman–Crippen MR) is 83.6 cm³/mol. The summed E-state index contributed by atoms with van der Waals surface area (Å²) in [7, 11) is 0. The maximum Gasteiger partial charge on any atom is 0.251 e. The van der Waals surface area contributed by atoms with Gasteiger partial charge in [0.15, 0.2) is 0 Å². The Bertz CT molecular complexity index is 538. The molecule has 1 amide bonds. The Hall–Kier alpha value is -1.64. The Labute approximate surface area is 126 Å². The van der Waals surface area contributed by atoms with Crippen LogP contribution in [-0.4, -0.2) is 5.91 Å². The standard InChI is InChI=1S/C18H24FNO/c1-3-13-6-4-7-14(11-12(2)10-13)15-8-5-9-16(17(15)19)18(20)21/h4-6,8-9,12-14H,3,7,10-11H2,1-2H3,(H2,20,21)/b6-4-/t12?,13-,14?/m0/s1. The van der Waals surface area contributed by atoms with E-state index in [1.54, 1.807) is 12.1 Å². The van der Waals surface area contributed by atoms with Gasteiger partial charge < -0.3 is 5.73 Å². The van der Waals surface area contributed by atoms with Gasteiger partial charge in [-0.2, -0.15) is 0 Å². The average molecular weight is 289 g/mol. The number of primary amides is 1. The quantitative estimate of drug-likeness (QED) is 0.823. The third-order valence-corrected chi connectivity index (χ3v) is 4.48. The number of hydrogen-bond acceptors (Lipinski definition) is 1. The average Bonchev–Trinajstić information content (AvgIpc) is 2.42. The summed E-state index contributed by atoms with van der Waals surface area (Å²) in [5, 5.41) is 0. The minimum Gasteiger partial charge on any atom is -0.366 e. The van der Waals surface area contributed by atoms with Gasteiger partial charge in [-0.15, -0.1) is 0 Å². The zero-order valence-corrected chi connectivity index (χ0v) is 12.8. The first-order chi connectivity index (χ1) is 10.0. The molecule has 0 aliphatic heterocycles. The number of carbonyl (C=O) groups is 1. The largest absolute Gasteiger partial charge is 0.366 e. The summed E-state index contributed by atoms with van der Waals surface area (Å²) in [6, 6.07) is 4.96. The molecule has 0 aromatic heterocycles. The van der Waals surface area contributed by atoms with Crippen LogP contribution in [-0.2, 0) is 0 Å². The molecule has 0 bridgehead atoms. The Morgan fingerprint density at radius 1 is 1.38 bits per heavy atom. The predicted octanol–water partition coefficient (Wildman–Crippen LogP) is 4.41. The lowest BCUT2D eigenvalue weighted by molar-refractivity contribution is 0.0996. The van der Waals surface area contributed by atoms with Crippen molar-refractivity contribution in [2.24, 2.45) is 17.6 Å². The van der Waals surface area contributed by atoms with E-state index >= 15 is 0 Å². The number of rotatable bonds is 3. The molecule has 2 N–H and O–H groups in total. The third kappa shape index (κ3) is 3.72. The molecule has 1 aliphatic rings. The van der Waals surface area contributed by atoms with Crippen LogP contribution >= 0.6 is 0 Å². The topological polar surface area (TPSA) is 43.1 Å². The fraction of sp³-hybridized carbons (Fsp3) is 0.500. The normalized spacial score (nSPS) is 27.7. The van der Waals surface area contributed by atoms with Gasteiger partial charge in [-0.3, -0.25) is 4.79 Å². The third-order valence-electron chi connectivity index (χ3n) is 4.48. The van der Waals surface area contributed by atoms with Crippen molar-refractivity contribution < 1.29 is 9.18 Å². The van der Waals surface area contributed by atoms with Crippen LogP contribution in [0.2, 0.25) is 0 Å². The number of allylic oxidation sites excluding steroid dienone is 2. The molecule has 1 aromatic carbocycles. The highest BCUT2D eigenvalue weighted by Crippen LogP contribution is 2.35. The number of halogens is 1. The van der Waals surface area contributed by atoms with Gasteiger partial charge >= 0.3 is 0 Å². The van der Waals surface area contributed by atoms with Crippen LogP contribution in [0.5, 0.6) is 0 Å². The van der Waals surface area contributed by atoms with E-state index in [1.807, 2.05) is 0 Å². The zero-order chi connectivity index (χ0) is 15.4. The molecule has 1 aromatic rings. The molecular weight excluding hydrogens is 265 g/mol. The van der Waals surface area contributed by atoms with Crippen molar-refractivity contribution in [1.82, 2.24) is 0 Å². The fourth-order valence-electron chi connectivity index (χ4n) is 3.32. The summed E-state index contributed by atoms with van der Waals surface area (Å²) in [6.45, 7) is 4.43. The SMILES string of the molecule is CC[C@H]1/C=C\CC(c2cccc(C(N)=O)c2F)CC(C)C1. The first-order valence-electron chi connectivity index (χ1n) is 7.77. The molecule has 0 heterocycles. The van der Waals surface area contributed by atoms with Crippen molar-refractivity contribution in [3.63, 3.8) is 0 Å². The van der Waals surface area contributed by atoms with Gasteiger partial charge in [0.05, 0.1) is 5.56 Å². The molecule has 0 spiro atoms. The van der Waals surface area contributed by atoms with E-state index in [4.69, 9.17) is 5.73 Å². The first kappa shape index (κ1) is 15.7. The number of hydrogen-bond donors (Lipinski definition) is 1. The van der Waals surface area contributed by atoms with Gasteiger partial charge in [-0.25, -0.2) is 4.39 Å². The molecule has 0 saturated carbocycles. The van der Waals surface area contributed by atoms with E-state index in [0.29, 0.717) is 17.4 Å². The second-order valence-corrected chi connectivity index (χ2v) is 6.18. The lowest BCUT2D eigenvalue weighted by Gasteiger charge is -2.26. The molecule has 0 fully saturated rings. The molecule has 114 valence electrons. The second kappa shape index (κ2) is 6.88. The number of nitrogens with two attached hydrogens (primary N) is 1. The van der Waals surface area contributed by atoms with Crippen molar-refractivity contribution in [1.29, 1.82) is 0 Å². The number of benzene rings is 1. The van der Waals surface area contributed by atoms with Crippen molar-refractivity contribution >= 4 is 5.91 Å². The van der Waals surface area contributed by atoms with Crippen LogP contribution in [0, 0.1) is 17.7 Å². The number of carbonyl (C=O) groups excluding carboxylic acids is 1. The zero-order valence-electron chi connectivity index (χ0n) is 12.8. The van der Waals surface area contributed by atoms with E-state index in [9.17, 15) is 9.18 Å². The van der Waals surface area contributed by atoms with Crippen molar-refractivity contribution in [3.05, 3.63) is 47.3 Å². The van der Waals surface area contributed by atoms with Crippen molar-refractivity contribution in [3.8, 4) is 0 Å². The van der Waals surface area contributed by atoms with Crippen molar-refractivity contribution in [2.45, 2.75) is 45.4 Å². The lowest BCUT2D eigenvalue weighted by Crippen LogP contribution is -2.17. The summed E-state index contributed by atoms with van der Waals surface area (Å²) in [5.74, 6) is 0.149. The van der Waals surface area contributed by atoms with E-state index in [0.717, 1.165) is 25.7 Å². The molecule has 0 saturated heterocycles. The van der Waals surface area contributed by atoms with Gasteiger partial charge in [-0.1, -0.05) is 38.1 Å². The molecule has 1 aliphatic carbocycles. The summed E-state index contributed by atoms with van der Waals surface area (Å²) in [5.41, 5.74) is 5.86. The molecular formula is C18H24FNO. The molecule has 2 rings (SSSR count). The molecule has 3 heteroatoms. The Balaban J connectivity index is 2.29. The van der Waals surface area contributed by atoms with Crippen molar-refractivity contribution in [2.75, 3.05) is 0 Å². The van der Waals surface area contributed by atoms with Crippen LogP contribution in [0.1, 0.15) is 61.4 Å². The second-order valence-electron chi connectivity index (χ2n) is 6.18. The number of amides is 1.